The summed E-state index contributed by atoms with van der Waals surface area (Å²) in [4.78, 5) is 4.76. The molecule has 0 saturated heterocycles. The number of halogens is 1. The fourth-order valence-corrected chi connectivity index (χ4v) is 2.92. The first-order chi connectivity index (χ1) is 8.56. The van der Waals surface area contributed by atoms with E-state index in [4.69, 9.17) is 17.3 Å². The summed E-state index contributed by atoms with van der Waals surface area (Å²) in [6.07, 6.45) is 3.50. The highest BCUT2D eigenvalue weighted by Crippen LogP contribution is 2.22. The molecule has 0 aliphatic heterocycles. The topological polar surface area (TPSA) is 56.0 Å². The number of anilines is 1. The Bertz CT molecular complexity index is 601. The second-order valence-electron chi connectivity index (χ2n) is 4.04. The molecule has 0 aliphatic rings. The minimum absolute atomic E-state index is 0.426. The van der Waals surface area contributed by atoms with Gasteiger partial charge in [0.05, 0.1) is 27.3 Å². The molecule has 0 bridgehead atoms. The molecule has 1 atom stereocenters. The summed E-state index contributed by atoms with van der Waals surface area (Å²) in [5, 5.41) is 0.434. The number of rotatable bonds is 3. The van der Waals surface area contributed by atoms with Crippen LogP contribution in [0.5, 0.6) is 0 Å². The lowest BCUT2D eigenvalue weighted by Gasteiger charge is -2.05. The molecular weight excluding hydrogens is 268 g/mol. The van der Waals surface area contributed by atoms with Crippen LogP contribution in [0.25, 0.3) is 0 Å². The zero-order chi connectivity index (χ0) is 13.1. The molecular formula is C13H13ClN2OS. The Morgan fingerprint density at radius 2 is 2.11 bits per heavy atom. The number of nitrogen functional groups attached to an aromatic ring is 1. The summed E-state index contributed by atoms with van der Waals surface area (Å²) in [6, 6.07) is 7.03. The Labute approximate surface area is 113 Å². The highest BCUT2D eigenvalue weighted by Gasteiger charge is 2.07. The van der Waals surface area contributed by atoms with Crippen molar-refractivity contribution < 1.29 is 4.21 Å². The van der Waals surface area contributed by atoms with Crippen molar-refractivity contribution in [1.29, 1.82) is 0 Å². The number of hydrogen-bond donors (Lipinski definition) is 1. The molecule has 94 valence electrons. The van der Waals surface area contributed by atoms with Crippen molar-refractivity contribution in [2.24, 2.45) is 0 Å². The van der Waals surface area contributed by atoms with Crippen LogP contribution in [0, 0.1) is 6.92 Å². The number of nitrogens with two attached hydrogens (primary N) is 1. The molecule has 1 heterocycles. The van der Waals surface area contributed by atoms with E-state index in [0.29, 0.717) is 21.4 Å². The van der Waals surface area contributed by atoms with Gasteiger partial charge in [0, 0.05) is 17.3 Å². The highest BCUT2D eigenvalue weighted by atomic mass is 35.5. The van der Waals surface area contributed by atoms with Crippen LogP contribution in [0.1, 0.15) is 11.1 Å². The predicted molar refractivity (Wildman–Crippen MR) is 75.0 cm³/mol. The van der Waals surface area contributed by atoms with Gasteiger partial charge in [-0.1, -0.05) is 17.7 Å². The highest BCUT2D eigenvalue weighted by molar-refractivity contribution is 7.84. The number of pyridine rings is 1. The maximum Gasteiger partial charge on any atom is 0.0647 e. The summed E-state index contributed by atoms with van der Waals surface area (Å²) in [6.45, 7) is 1.96. The van der Waals surface area contributed by atoms with Crippen molar-refractivity contribution in [3.63, 3.8) is 0 Å². The van der Waals surface area contributed by atoms with Gasteiger partial charge < -0.3 is 5.73 Å². The zero-order valence-electron chi connectivity index (χ0n) is 9.89. The number of nitrogens with zero attached hydrogens (tertiary/aromatic N) is 1. The van der Waals surface area contributed by atoms with Gasteiger partial charge in [-0.05, 0) is 36.2 Å². The van der Waals surface area contributed by atoms with E-state index in [2.05, 4.69) is 4.98 Å². The van der Waals surface area contributed by atoms with Gasteiger partial charge in [0.25, 0.3) is 0 Å². The summed E-state index contributed by atoms with van der Waals surface area (Å²) in [5.74, 6) is 0.426. The van der Waals surface area contributed by atoms with Crippen molar-refractivity contribution in [3.8, 4) is 0 Å². The lowest BCUT2D eigenvalue weighted by molar-refractivity contribution is 0.682. The van der Waals surface area contributed by atoms with E-state index in [1.54, 1.807) is 30.6 Å². The molecule has 0 fully saturated rings. The summed E-state index contributed by atoms with van der Waals surface area (Å²) < 4.78 is 12.2. The first kappa shape index (κ1) is 13.1. The average Bonchev–Trinajstić information content (AvgIpc) is 2.32. The van der Waals surface area contributed by atoms with E-state index >= 15 is 0 Å². The molecule has 2 aromatic rings. The van der Waals surface area contributed by atoms with Crippen LogP contribution in [-0.4, -0.2) is 9.19 Å². The minimum Gasteiger partial charge on any atom is -0.398 e. The molecule has 1 aromatic heterocycles. The summed E-state index contributed by atoms with van der Waals surface area (Å²) in [7, 11) is -1.14. The van der Waals surface area contributed by atoms with Crippen LogP contribution in [0.3, 0.4) is 0 Å². The van der Waals surface area contributed by atoms with Crippen molar-refractivity contribution in [2.45, 2.75) is 17.6 Å². The van der Waals surface area contributed by atoms with Crippen LogP contribution >= 0.6 is 11.6 Å². The molecule has 18 heavy (non-hydrogen) atoms. The Balaban J connectivity index is 2.19. The zero-order valence-corrected chi connectivity index (χ0v) is 11.5. The fourth-order valence-electron chi connectivity index (χ4n) is 1.58. The summed E-state index contributed by atoms with van der Waals surface area (Å²) >= 11 is 5.91. The Kier molecular flexibility index (Phi) is 3.99. The molecule has 0 saturated carbocycles. The number of hydrogen-bond acceptors (Lipinski definition) is 3. The molecule has 1 unspecified atom stereocenters. The SMILES string of the molecule is Cc1cncc(CS(=O)c2ccc(N)c(Cl)c2)c1. The van der Waals surface area contributed by atoms with Gasteiger partial charge in [0.15, 0.2) is 0 Å². The van der Waals surface area contributed by atoms with Crippen LogP contribution in [-0.2, 0) is 16.6 Å². The normalized spacial score (nSPS) is 12.3. The maximum absolute atomic E-state index is 12.2. The number of benzene rings is 1. The lowest BCUT2D eigenvalue weighted by atomic mass is 10.2. The molecule has 0 spiro atoms. The molecule has 1 aromatic carbocycles. The Morgan fingerprint density at radius 3 is 2.78 bits per heavy atom. The van der Waals surface area contributed by atoms with Crippen molar-refractivity contribution in [2.75, 3.05) is 5.73 Å². The lowest BCUT2D eigenvalue weighted by Crippen LogP contribution is -1.98. The third-order valence-corrected chi connectivity index (χ3v) is 4.17. The van der Waals surface area contributed by atoms with Gasteiger partial charge >= 0.3 is 0 Å². The first-order valence-corrected chi connectivity index (χ1v) is 7.10. The Hall–Kier alpha value is -1.39. The van der Waals surface area contributed by atoms with Gasteiger partial charge in [-0.2, -0.15) is 0 Å². The average molecular weight is 281 g/mol. The van der Waals surface area contributed by atoms with Gasteiger partial charge in [0.2, 0.25) is 0 Å². The number of aromatic nitrogens is 1. The Morgan fingerprint density at radius 1 is 1.33 bits per heavy atom. The molecule has 2 rings (SSSR count). The van der Waals surface area contributed by atoms with E-state index < -0.39 is 10.8 Å². The van der Waals surface area contributed by atoms with E-state index in [9.17, 15) is 4.21 Å². The molecule has 3 nitrogen and oxygen atoms in total. The molecule has 0 aliphatic carbocycles. The van der Waals surface area contributed by atoms with Gasteiger partial charge in [-0.3, -0.25) is 9.19 Å². The first-order valence-electron chi connectivity index (χ1n) is 5.40. The predicted octanol–water partition coefficient (Wildman–Crippen LogP) is 2.93. The van der Waals surface area contributed by atoms with Gasteiger partial charge in [0.1, 0.15) is 0 Å². The monoisotopic (exact) mass is 280 g/mol. The molecule has 5 heteroatoms. The van der Waals surface area contributed by atoms with Crippen molar-refractivity contribution in [3.05, 3.63) is 52.8 Å². The van der Waals surface area contributed by atoms with Crippen LogP contribution in [0.2, 0.25) is 5.02 Å². The standard InChI is InChI=1S/C13H13ClN2OS/c1-9-4-10(7-16-6-9)8-18(17)11-2-3-13(15)12(14)5-11/h2-7H,8,15H2,1H3. The van der Waals surface area contributed by atoms with Crippen molar-refractivity contribution in [1.82, 2.24) is 4.98 Å². The van der Waals surface area contributed by atoms with Crippen LogP contribution < -0.4 is 5.73 Å². The number of aryl methyl sites for hydroxylation is 1. The van der Waals surface area contributed by atoms with Crippen LogP contribution in [0.4, 0.5) is 5.69 Å². The van der Waals surface area contributed by atoms with E-state index in [1.807, 2.05) is 13.0 Å². The quantitative estimate of drug-likeness (QED) is 0.880. The third-order valence-electron chi connectivity index (χ3n) is 2.46. The van der Waals surface area contributed by atoms with Gasteiger partial charge in [-0.15, -0.1) is 0 Å². The van der Waals surface area contributed by atoms with E-state index in [0.717, 1.165) is 11.1 Å². The maximum atomic E-state index is 12.2. The molecule has 0 radical (unpaired) electrons. The fraction of sp³-hybridized carbons (Fsp3) is 0.154. The van der Waals surface area contributed by atoms with Gasteiger partial charge in [-0.25, -0.2) is 0 Å². The molecule has 2 N–H and O–H groups in total. The minimum atomic E-state index is -1.14. The second kappa shape index (κ2) is 5.50. The summed E-state index contributed by atoms with van der Waals surface area (Å²) in [5.41, 5.74) is 8.12. The smallest absolute Gasteiger partial charge is 0.0647 e. The second-order valence-corrected chi connectivity index (χ2v) is 5.90. The van der Waals surface area contributed by atoms with Crippen LogP contribution in [0.15, 0.2) is 41.6 Å². The third kappa shape index (κ3) is 3.09. The van der Waals surface area contributed by atoms with E-state index in [-0.39, 0.29) is 0 Å². The van der Waals surface area contributed by atoms with Crippen molar-refractivity contribution >= 4 is 28.1 Å². The van der Waals surface area contributed by atoms with E-state index in [1.165, 1.54) is 0 Å². The largest absolute Gasteiger partial charge is 0.398 e. The molecule has 0 amide bonds.